The number of unbranched alkanes of at least 4 members (excludes halogenated alkanes) is 6. The Bertz CT molecular complexity index is 396. The molecular weight excluding hydrogens is 354 g/mol. The Kier molecular flexibility index (Phi) is 12.9. The second-order valence-electron chi connectivity index (χ2n) is 7.05. The number of nitrogens with one attached hydrogen (secondary N) is 1. The summed E-state index contributed by atoms with van der Waals surface area (Å²) in [5.41, 5.74) is 0. The summed E-state index contributed by atoms with van der Waals surface area (Å²) >= 11 is 0. The molecule has 0 amide bonds. The molecule has 27 heavy (non-hydrogen) atoms. The zero-order valence-electron chi connectivity index (χ0n) is 16.2. The molecule has 6 N–H and O–H groups in total. The Balaban J connectivity index is 2.13. The first-order valence-corrected chi connectivity index (χ1v) is 9.99. The Morgan fingerprint density at radius 2 is 1.78 bits per heavy atom. The van der Waals surface area contributed by atoms with Crippen molar-refractivity contribution in [3.05, 3.63) is 12.3 Å². The van der Waals surface area contributed by atoms with Gasteiger partial charge < -0.3 is 40.3 Å². The van der Waals surface area contributed by atoms with Crippen molar-refractivity contribution in [2.75, 3.05) is 19.8 Å². The van der Waals surface area contributed by atoms with Crippen molar-refractivity contribution in [3.8, 4) is 0 Å². The highest BCUT2D eigenvalue weighted by Gasteiger charge is 2.44. The van der Waals surface area contributed by atoms with Gasteiger partial charge in [0, 0.05) is 6.54 Å². The molecule has 0 aromatic heterocycles. The molecule has 160 valence electrons. The highest BCUT2D eigenvalue weighted by atomic mass is 16.7. The Labute approximate surface area is 161 Å². The normalized spacial score (nSPS) is 29.9. The molecular formula is C19H37NO7. The maximum atomic E-state index is 9.95. The molecule has 0 spiro atoms. The lowest BCUT2D eigenvalue weighted by Gasteiger charge is -2.40. The first kappa shape index (κ1) is 24.3. The van der Waals surface area contributed by atoms with Crippen LogP contribution in [0.1, 0.15) is 51.9 Å². The minimum Gasteiger partial charge on any atom is -0.394 e. The molecule has 1 fully saturated rings. The van der Waals surface area contributed by atoms with Crippen molar-refractivity contribution in [2.45, 2.75) is 88.7 Å². The lowest BCUT2D eigenvalue weighted by atomic mass is 9.99. The second-order valence-corrected chi connectivity index (χ2v) is 7.05. The van der Waals surface area contributed by atoms with Crippen molar-refractivity contribution in [1.29, 1.82) is 0 Å². The summed E-state index contributed by atoms with van der Waals surface area (Å²) < 4.78 is 10.3. The van der Waals surface area contributed by atoms with E-state index in [1.807, 2.05) is 6.08 Å². The fraction of sp³-hybridized carbons (Fsp3) is 0.895. The van der Waals surface area contributed by atoms with Crippen LogP contribution in [-0.4, -0.2) is 82.1 Å². The van der Waals surface area contributed by atoms with Gasteiger partial charge in [-0.05, 0) is 19.0 Å². The molecule has 0 saturated carbocycles. The topological polar surface area (TPSA) is 132 Å². The van der Waals surface area contributed by atoms with Gasteiger partial charge in [0.1, 0.15) is 24.4 Å². The SMILES string of the molecule is CCCCCCCC/C=C/NCC(O)CO[C@@H]1[C@@H](O)[C@@H](O)[C@@H](CO)O[C@H]1O. The molecule has 0 aliphatic carbocycles. The minimum absolute atomic E-state index is 0.142. The third kappa shape index (κ3) is 9.34. The van der Waals surface area contributed by atoms with Crippen LogP contribution in [0, 0.1) is 0 Å². The first-order chi connectivity index (χ1) is 13.0. The van der Waals surface area contributed by atoms with E-state index in [9.17, 15) is 20.4 Å². The van der Waals surface area contributed by atoms with Crippen molar-refractivity contribution in [3.63, 3.8) is 0 Å². The van der Waals surface area contributed by atoms with Crippen LogP contribution in [0.5, 0.6) is 0 Å². The van der Waals surface area contributed by atoms with E-state index in [0.29, 0.717) is 0 Å². The summed E-state index contributed by atoms with van der Waals surface area (Å²) in [6.45, 7) is 1.79. The van der Waals surface area contributed by atoms with E-state index in [2.05, 4.69) is 12.2 Å². The van der Waals surface area contributed by atoms with E-state index < -0.39 is 43.4 Å². The summed E-state index contributed by atoms with van der Waals surface area (Å²) in [6, 6.07) is 0. The number of aliphatic hydroxyl groups excluding tert-OH is 5. The van der Waals surface area contributed by atoms with E-state index >= 15 is 0 Å². The average Bonchev–Trinajstić information content (AvgIpc) is 2.66. The summed E-state index contributed by atoms with van der Waals surface area (Å²) in [6.07, 6.45) is 4.97. The Morgan fingerprint density at radius 1 is 1.07 bits per heavy atom. The van der Waals surface area contributed by atoms with Gasteiger partial charge in [-0.2, -0.15) is 0 Å². The molecule has 1 aliphatic heterocycles. The molecule has 1 unspecified atom stereocenters. The molecule has 8 nitrogen and oxygen atoms in total. The van der Waals surface area contributed by atoms with Crippen LogP contribution in [0.4, 0.5) is 0 Å². The van der Waals surface area contributed by atoms with Crippen LogP contribution in [0.25, 0.3) is 0 Å². The monoisotopic (exact) mass is 391 g/mol. The number of allylic oxidation sites excluding steroid dienone is 1. The zero-order valence-corrected chi connectivity index (χ0v) is 16.2. The van der Waals surface area contributed by atoms with Gasteiger partial charge in [0.25, 0.3) is 0 Å². The molecule has 1 rings (SSSR count). The van der Waals surface area contributed by atoms with Gasteiger partial charge in [-0.1, -0.05) is 45.1 Å². The molecule has 0 aromatic carbocycles. The highest BCUT2D eigenvalue weighted by Crippen LogP contribution is 2.22. The van der Waals surface area contributed by atoms with Gasteiger partial charge in [-0.3, -0.25) is 0 Å². The lowest BCUT2D eigenvalue weighted by molar-refractivity contribution is -0.298. The average molecular weight is 392 g/mol. The van der Waals surface area contributed by atoms with Crippen molar-refractivity contribution in [2.24, 2.45) is 0 Å². The lowest BCUT2D eigenvalue weighted by Crippen LogP contribution is -2.59. The van der Waals surface area contributed by atoms with Crippen LogP contribution in [0.3, 0.4) is 0 Å². The van der Waals surface area contributed by atoms with Gasteiger partial charge in [-0.15, -0.1) is 0 Å². The van der Waals surface area contributed by atoms with Gasteiger partial charge in [0.2, 0.25) is 0 Å². The van der Waals surface area contributed by atoms with E-state index in [0.717, 1.165) is 12.8 Å². The number of aliphatic hydroxyl groups is 5. The number of hydrogen-bond donors (Lipinski definition) is 6. The van der Waals surface area contributed by atoms with E-state index in [1.54, 1.807) is 6.20 Å². The number of ether oxygens (including phenoxy) is 2. The molecule has 1 aliphatic rings. The fourth-order valence-corrected chi connectivity index (χ4v) is 2.95. The predicted molar refractivity (Wildman–Crippen MR) is 101 cm³/mol. The van der Waals surface area contributed by atoms with Crippen LogP contribution < -0.4 is 5.32 Å². The van der Waals surface area contributed by atoms with E-state index in [-0.39, 0.29) is 13.2 Å². The Morgan fingerprint density at radius 3 is 2.48 bits per heavy atom. The number of hydrogen-bond acceptors (Lipinski definition) is 8. The van der Waals surface area contributed by atoms with Crippen LogP contribution in [0.15, 0.2) is 12.3 Å². The molecule has 8 heteroatoms. The van der Waals surface area contributed by atoms with Gasteiger partial charge in [0.15, 0.2) is 6.29 Å². The van der Waals surface area contributed by atoms with Crippen molar-refractivity contribution in [1.82, 2.24) is 5.32 Å². The van der Waals surface area contributed by atoms with Gasteiger partial charge in [0.05, 0.1) is 19.3 Å². The van der Waals surface area contributed by atoms with Crippen molar-refractivity contribution < 1.29 is 35.0 Å². The fourth-order valence-electron chi connectivity index (χ4n) is 2.95. The quantitative estimate of drug-likeness (QED) is 0.228. The maximum Gasteiger partial charge on any atom is 0.184 e. The largest absolute Gasteiger partial charge is 0.394 e. The van der Waals surface area contributed by atoms with Crippen LogP contribution in [0.2, 0.25) is 0 Å². The third-order valence-corrected chi connectivity index (χ3v) is 4.64. The molecule has 1 saturated heterocycles. The van der Waals surface area contributed by atoms with Gasteiger partial charge in [-0.25, -0.2) is 0 Å². The van der Waals surface area contributed by atoms with E-state index in [4.69, 9.17) is 14.6 Å². The Hall–Kier alpha value is -0.740. The molecule has 0 aromatic rings. The van der Waals surface area contributed by atoms with Crippen molar-refractivity contribution >= 4 is 0 Å². The summed E-state index contributed by atoms with van der Waals surface area (Å²) in [7, 11) is 0. The van der Waals surface area contributed by atoms with Crippen LogP contribution in [-0.2, 0) is 9.47 Å². The summed E-state index contributed by atoms with van der Waals surface area (Å²) in [5.74, 6) is 0. The second kappa shape index (κ2) is 14.3. The first-order valence-electron chi connectivity index (χ1n) is 9.99. The standard InChI is InChI=1S/C19H37NO7/c1-2-3-4-5-6-7-8-9-10-20-11-14(22)13-26-18-17(24)16(23)15(12-21)27-19(18)25/h9-10,14-25H,2-8,11-13H2,1H3/b10-9+/t14?,15-,16+,17+,18-,19-/m1/s1. The highest BCUT2D eigenvalue weighted by molar-refractivity contribution is 4.89. The smallest absolute Gasteiger partial charge is 0.184 e. The summed E-state index contributed by atoms with van der Waals surface area (Å²) in [5, 5.41) is 51.5. The third-order valence-electron chi connectivity index (χ3n) is 4.64. The van der Waals surface area contributed by atoms with Crippen LogP contribution >= 0.6 is 0 Å². The predicted octanol–water partition coefficient (Wildman–Crippen LogP) is 0.0177. The summed E-state index contributed by atoms with van der Waals surface area (Å²) in [4.78, 5) is 0. The minimum atomic E-state index is -1.49. The molecule has 0 bridgehead atoms. The molecule has 1 heterocycles. The molecule has 0 radical (unpaired) electrons. The maximum absolute atomic E-state index is 9.95. The van der Waals surface area contributed by atoms with E-state index in [1.165, 1.54) is 32.1 Å². The number of rotatable bonds is 14. The van der Waals surface area contributed by atoms with Gasteiger partial charge >= 0.3 is 0 Å². The zero-order chi connectivity index (χ0) is 20.1. The molecule has 6 atom stereocenters.